The quantitative estimate of drug-likeness (QED) is 0.723. The average Bonchev–Trinajstić information content (AvgIpc) is 2.12. The van der Waals surface area contributed by atoms with E-state index >= 15 is 0 Å². The minimum atomic E-state index is -3.07. The van der Waals surface area contributed by atoms with Crippen molar-refractivity contribution >= 4 is 31.5 Å². The first-order chi connectivity index (χ1) is 6.52. The number of benzene rings is 1. The maximum atomic E-state index is 11.7. The summed E-state index contributed by atoms with van der Waals surface area (Å²) in [5.41, 5.74) is 0.777. The highest BCUT2D eigenvalue weighted by atomic mass is 79.9. The highest BCUT2D eigenvalue weighted by Gasteiger charge is 2.27. The molecule has 0 spiro atoms. The molecule has 0 fully saturated rings. The molecular formula is C9H10BrNO2S. The Balaban J connectivity index is 2.75. The molecule has 0 atom stereocenters. The van der Waals surface area contributed by atoms with Gasteiger partial charge in [0.2, 0.25) is 0 Å². The summed E-state index contributed by atoms with van der Waals surface area (Å²) in [4.78, 5) is 2.39. The van der Waals surface area contributed by atoms with E-state index < -0.39 is 9.84 Å². The Bertz CT molecular complexity index is 470. The third-order valence-electron chi connectivity index (χ3n) is 2.36. The van der Waals surface area contributed by atoms with Crippen LogP contribution in [-0.4, -0.2) is 27.8 Å². The van der Waals surface area contributed by atoms with E-state index in [9.17, 15) is 8.42 Å². The molecule has 5 heteroatoms. The molecule has 1 aromatic rings. The van der Waals surface area contributed by atoms with Crippen molar-refractivity contribution in [1.29, 1.82) is 0 Å². The molecule has 0 unspecified atom stereocenters. The van der Waals surface area contributed by atoms with E-state index in [-0.39, 0.29) is 5.75 Å². The summed E-state index contributed by atoms with van der Waals surface area (Å²) in [6, 6.07) is 5.26. The van der Waals surface area contributed by atoms with Crippen molar-refractivity contribution < 1.29 is 8.42 Å². The Morgan fingerprint density at radius 3 is 2.79 bits per heavy atom. The van der Waals surface area contributed by atoms with E-state index in [0.717, 1.165) is 10.2 Å². The molecule has 1 aromatic carbocycles. The van der Waals surface area contributed by atoms with Crippen LogP contribution in [0.4, 0.5) is 5.69 Å². The normalized spacial score (nSPS) is 19.1. The third-order valence-corrected chi connectivity index (χ3v) is 4.72. The summed E-state index contributed by atoms with van der Waals surface area (Å²) in [5.74, 6) is 0.201. The number of hydrogen-bond acceptors (Lipinski definition) is 3. The molecule has 14 heavy (non-hydrogen) atoms. The van der Waals surface area contributed by atoms with Gasteiger partial charge in [-0.1, -0.05) is 6.07 Å². The van der Waals surface area contributed by atoms with Crippen molar-refractivity contribution in [3.05, 3.63) is 22.7 Å². The zero-order valence-electron chi connectivity index (χ0n) is 7.70. The van der Waals surface area contributed by atoms with Crippen LogP contribution in [0.5, 0.6) is 0 Å². The molecule has 1 aliphatic rings. The van der Waals surface area contributed by atoms with E-state index in [4.69, 9.17) is 0 Å². The molecule has 1 aliphatic heterocycles. The lowest BCUT2D eigenvalue weighted by Crippen LogP contribution is -2.32. The van der Waals surface area contributed by atoms with Gasteiger partial charge in [0.1, 0.15) is 0 Å². The van der Waals surface area contributed by atoms with Crippen molar-refractivity contribution in [2.45, 2.75) is 4.90 Å². The average molecular weight is 276 g/mol. The number of sulfone groups is 1. The fraction of sp³-hybridized carbons (Fsp3) is 0.333. The van der Waals surface area contributed by atoms with Crippen LogP contribution >= 0.6 is 15.9 Å². The molecule has 0 saturated heterocycles. The summed E-state index contributed by atoms with van der Waals surface area (Å²) in [5, 5.41) is 0. The van der Waals surface area contributed by atoms with Gasteiger partial charge in [0.25, 0.3) is 0 Å². The second-order valence-corrected chi connectivity index (χ2v) is 6.26. The van der Waals surface area contributed by atoms with Crippen LogP contribution in [0.3, 0.4) is 0 Å². The Morgan fingerprint density at radius 2 is 2.14 bits per heavy atom. The molecule has 0 amide bonds. The van der Waals surface area contributed by atoms with Crippen molar-refractivity contribution in [3.8, 4) is 0 Å². The number of para-hydroxylation sites is 1. The summed E-state index contributed by atoms with van der Waals surface area (Å²) in [7, 11) is -1.17. The lowest BCUT2D eigenvalue weighted by Gasteiger charge is -2.28. The zero-order chi connectivity index (χ0) is 10.3. The van der Waals surface area contributed by atoms with Crippen LogP contribution in [0.25, 0.3) is 0 Å². The van der Waals surface area contributed by atoms with Gasteiger partial charge < -0.3 is 4.90 Å². The fourth-order valence-corrected chi connectivity index (χ4v) is 3.98. The molecule has 0 N–H and O–H groups in total. The molecule has 0 aromatic heterocycles. The van der Waals surface area contributed by atoms with Gasteiger partial charge in [-0.15, -0.1) is 0 Å². The van der Waals surface area contributed by atoms with E-state index in [1.807, 2.05) is 18.0 Å². The molecule has 3 nitrogen and oxygen atoms in total. The van der Waals surface area contributed by atoms with Crippen LogP contribution in [0, 0.1) is 0 Å². The van der Waals surface area contributed by atoms with Gasteiger partial charge in [-0.3, -0.25) is 0 Å². The van der Waals surface area contributed by atoms with E-state index in [1.165, 1.54) is 0 Å². The van der Waals surface area contributed by atoms with Crippen LogP contribution in [0.15, 0.2) is 27.6 Å². The minimum Gasteiger partial charge on any atom is -0.372 e. The van der Waals surface area contributed by atoms with E-state index in [0.29, 0.717) is 11.4 Å². The molecule has 0 bridgehead atoms. The Hall–Kier alpha value is -0.550. The third kappa shape index (κ3) is 1.44. The topological polar surface area (TPSA) is 37.4 Å². The van der Waals surface area contributed by atoms with Crippen molar-refractivity contribution in [1.82, 2.24) is 0 Å². The summed E-state index contributed by atoms with van der Waals surface area (Å²) in [6.07, 6.45) is 0. The van der Waals surface area contributed by atoms with Gasteiger partial charge in [-0.05, 0) is 28.1 Å². The molecule has 0 aliphatic carbocycles. The lowest BCUT2D eigenvalue weighted by atomic mass is 10.3. The van der Waals surface area contributed by atoms with Gasteiger partial charge in [0.15, 0.2) is 9.84 Å². The molecule has 0 radical (unpaired) electrons. The first kappa shape index (κ1) is 9.98. The summed E-state index contributed by atoms with van der Waals surface area (Å²) >= 11 is 3.37. The Labute approximate surface area is 91.8 Å². The number of fused-ring (bicyclic) bond motifs is 1. The predicted octanol–water partition coefficient (Wildman–Crippen LogP) is 1.67. The van der Waals surface area contributed by atoms with E-state index in [2.05, 4.69) is 15.9 Å². The first-order valence-electron chi connectivity index (χ1n) is 4.25. The SMILES string of the molecule is CN1CCS(=O)(=O)c2cccc(Br)c21. The van der Waals surface area contributed by atoms with Gasteiger partial charge in [0, 0.05) is 18.1 Å². The minimum absolute atomic E-state index is 0.201. The number of anilines is 1. The maximum Gasteiger partial charge on any atom is 0.182 e. The molecule has 1 heterocycles. The summed E-state index contributed by atoms with van der Waals surface area (Å²) < 4.78 is 24.3. The standard InChI is InChI=1S/C9H10BrNO2S/c1-11-5-6-14(12,13)8-4-2-3-7(10)9(8)11/h2-4H,5-6H2,1H3. The molecular weight excluding hydrogens is 266 g/mol. The summed E-state index contributed by atoms with van der Waals surface area (Å²) in [6.45, 7) is 0.554. The lowest BCUT2D eigenvalue weighted by molar-refractivity contribution is 0.591. The van der Waals surface area contributed by atoms with Crippen LogP contribution < -0.4 is 4.90 Å². The predicted molar refractivity (Wildman–Crippen MR) is 59.5 cm³/mol. The van der Waals surface area contributed by atoms with Crippen molar-refractivity contribution in [2.75, 3.05) is 24.2 Å². The maximum absolute atomic E-state index is 11.7. The van der Waals surface area contributed by atoms with Crippen LogP contribution in [0.2, 0.25) is 0 Å². The number of hydrogen-bond donors (Lipinski definition) is 0. The van der Waals surface area contributed by atoms with Gasteiger partial charge >= 0.3 is 0 Å². The molecule has 0 saturated carbocycles. The first-order valence-corrected chi connectivity index (χ1v) is 6.69. The Kier molecular flexibility index (Phi) is 2.31. The number of halogens is 1. The number of nitrogens with zero attached hydrogens (tertiary/aromatic N) is 1. The largest absolute Gasteiger partial charge is 0.372 e. The number of rotatable bonds is 0. The second-order valence-electron chi connectivity index (χ2n) is 3.33. The van der Waals surface area contributed by atoms with Crippen LogP contribution in [0.1, 0.15) is 0 Å². The second kappa shape index (κ2) is 3.24. The van der Waals surface area contributed by atoms with Gasteiger partial charge in [-0.2, -0.15) is 0 Å². The smallest absolute Gasteiger partial charge is 0.182 e. The van der Waals surface area contributed by atoms with Crippen molar-refractivity contribution in [3.63, 3.8) is 0 Å². The monoisotopic (exact) mass is 275 g/mol. The van der Waals surface area contributed by atoms with Crippen LogP contribution in [-0.2, 0) is 9.84 Å². The van der Waals surface area contributed by atoms with Gasteiger partial charge in [-0.25, -0.2) is 8.42 Å². The van der Waals surface area contributed by atoms with Gasteiger partial charge in [0.05, 0.1) is 16.3 Å². The van der Waals surface area contributed by atoms with Crippen molar-refractivity contribution in [2.24, 2.45) is 0 Å². The van der Waals surface area contributed by atoms with E-state index in [1.54, 1.807) is 12.1 Å². The zero-order valence-corrected chi connectivity index (χ0v) is 10.1. The Morgan fingerprint density at radius 1 is 1.43 bits per heavy atom. The highest BCUT2D eigenvalue weighted by Crippen LogP contribution is 2.35. The molecule has 76 valence electrons. The fourth-order valence-electron chi connectivity index (χ4n) is 1.60. The highest BCUT2D eigenvalue weighted by molar-refractivity contribution is 9.10. The molecule has 2 rings (SSSR count).